The summed E-state index contributed by atoms with van der Waals surface area (Å²) < 4.78 is 3.51. The van der Waals surface area contributed by atoms with E-state index in [0.29, 0.717) is 27.9 Å². The van der Waals surface area contributed by atoms with Crippen molar-refractivity contribution in [3.8, 4) is 16.9 Å². The van der Waals surface area contributed by atoms with Gasteiger partial charge in [0.2, 0.25) is 5.91 Å². The summed E-state index contributed by atoms with van der Waals surface area (Å²) in [6, 6.07) is 23.4. The second-order valence-corrected chi connectivity index (χ2v) is 10.7. The number of hydrogen-bond donors (Lipinski definition) is 3. The van der Waals surface area contributed by atoms with Crippen molar-refractivity contribution in [2.24, 2.45) is 0 Å². The number of anilines is 3. The average Bonchev–Trinajstić information content (AvgIpc) is 3.50. The van der Waals surface area contributed by atoms with Gasteiger partial charge in [-0.1, -0.05) is 42.5 Å². The maximum atomic E-state index is 14.0. The second kappa shape index (κ2) is 9.98. The van der Waals surface area contributed by atoms with Crippen LogP contribution in [0.3, 0.4) is 0 Å². The van der Waals surface area contributed by atoms with Gasteiger partial charge in [-0.25, -0.2) is 14.6 Å². The van der Waals surface area contributed by atoms with Crippen molar-refractivity contribution in [3.63, 3.8) is 0 Å². The molecule has 4 N–H and O–H groups in total. The Bertz CT molecular complexity index is 2120. The lowest BCUT2D eigenvalue weighted by molar-refractivity contribution is -0.119. The summed E-state index contributed by atoms with van der Waals surface area (Å²) >= 11 is 0. The van der Waals surface area contributed by atoms with E-state index in [0.717, 1.165) is 39.3 Å². The molecule has 4 heterocycles. The van der Waals surface area contributed by atoms with Crippen molar-refractivity contribution in [1.82, 2.24) is 29.6 Å². The van der Waals surface area contributed by atoms with Gasteiger partial charge in [0.05, 0.1) is 28.7 Å². The van der Waals surface area contributed by atoms with E-state index < -0.39 is 0 Å². The van der Waals surface area contributed by atoms with Crippen molar-refractivity contribution < 1.29 is 4.79 Å². The van der Waals surface area contributed by atoms with E-state index in [4.69, 9.17) is 10.8 Å². The fraction of sp³-hybridized carbons (Fsp3) is 0.156. The third-order valence-corrected chi connectivity index (χ3v) is 7.89. The largest absolute Gasteiger partial charge is 0.383 e. The van der Waals surface area contributed by atoms with Crippen LogP contribution < -0.4 is 26.8 Å². The van der Waals surface area contributed by atoms with Crippen LogP contribution in [0.4, 0.5) is 17.2 Å². The lowest BCUT2D eigenvalue weighted by Gasteiger charge is -2.22. The number of fused-ring (bicyclic) bond motifs is 3. The molecule has 11 nitrogen and oxygen atoms in total. The smallest absolute Gasteiger partial charge is 0.263 e. The highest BCUT2D eigenvalue weighted by molar-refractivity contribution is 5.99. The maximum absolute atomic E-state index is 14.0. The summed E-state index contributed by atoms with van der Waals surface area (Å²) in [5, 5.41) is 13.4. The Hall–Kier alpha value is -5.71. The van der Waals surface area contributed by atoms with E-state index >= 15 is 0 Å². The number of aromatic nitrogens is 5. The molecule has 1 unspecified atom stereocenters. The zero-order valence-corrected chi connectivity index (χ0v) is 23.9. The van der Waals surface area contributed by atoms with Crippen LogP contribution in [0.2, 0.25) is 0 Å². The topological polar surface area (TPSA) is 136 Å². The Morgan fingerprint density at radius 2 is 1.84 bits per heavy atom. The van der Waals surface area contributed by atoms with Gasteiger partial charge in [0.15, 0.2) is 11.9 Å². The van der Waals surface area contributed by atoms with E-state index in [9.17, 15) is 9.59 Å². The second-order valence-electron chi connectivity index (χ2n) is 10.7. The molecule has 1 aliphatic rings. The van der Waals surface area contributed by atoms with Crippen LogP contribution in [0.15, 0.2) is 83.9 Å². The highest BCUT2D eigenvalue weighted by Crippen LogP contribution is 2.38. The first-order valence-electron chi connectivity index (χ1n) is 13.9. The van der Waals surface area contributed by atoms with Crippen molar-refractivity contribution in [2.75, 3.05) is 23.0 Å². The number of aryl methyl sites for hydroxylation is 1. The fourth-order valence-corrected chi connectivity index (χ4v) is 5.88. The van der Waals surface area contributed by atoms with Crippen LogP contribution >= 0.6 is 0 Å². The van der Waals surface area contributed by atoms with E-state index in [-0.39, 0.29) is 24.3 Å². The minimum Gasteiger partial charge on any atom is -0.383 e. The molecule has 0 saturated heterocycles. The number of benzene rings is 3. The van der Waals surface area contributed by atoms with Crippen LogP contribution in [0.25, 0.3) is 38.8 Å². The van der Waals surface area contributed by atoms with Gasteiger partial charge in [-0.15, -0.1) is 0 Å². The van der Waals surface area contributed by atoms with Crippen molar-refractivity contribution in [3.05, 3.63) is 101 Å². The summed E-state index contributed by atoms with van der Waals surface area (Å²) in [7, 11) is 1.91. The van der Waals surface area contributed by atoms with Crippen molar-refractivity contribution in [2.45, 2.75) is 26.7 Å². The van der Waals surface area contributed by atoms with Gasteiger partial charge in [-0.2, -0.15) is 5.10 Å². The minimum absolute atomic E-state index is 0.0924. The van der Waals surface area contributed by atoms with E-state index in [1.54, 1.807) is 9.25 Å². The monoisotopic (exact) mass is 571 g/mol. The molecule has 0 fully saturated rings. The predicted octanol–water partition coefficient (Wildman–Crippen LogP) is 4.02. The standard InChI is InChI=1S/C32H29N9O2/c1-18-8-7-9-20-14-23(41(31(43)26(18)20)22-10-5-4-6-11-22)16-40-30-27(29(33)34-17-35-30)28(38-40)21-12-13-25-24(15-21)37-32(39(25)3)36-19(2)42/h4-15,17,32,37H,16H2,1-3H3,(H,36,42)(H2,33,34,35). The third-order valence-electron chi connectivity index (χ3n) is 7.89. The van der Waals surface area contributed by atoms with Gasteiger partial charge in [0, 0.05) is 30.9 Å². The zero-order valence-electron chi connectivity index (χ0n) is 23.9. The average molecular weight is 572 g/mol. The van der Waals surface area contributed by atoms with Gasteiger partial charge in [0.25, 0.3) is 5.56 Å². The molecule has 0 spiro atoms. The molecule has 43 heavy (non-hydrogen) atoms. The van der Waals surface area contributed by atoms with Gasteiger partial charge in [-0.3, -0.25) is 14.2 Å². The van der Waals surface area contributed by atoms with Gasteiger partial charge < -0.3 is 21.3 Å². The molecule has 3 aromatic carbocycles. The molecule has 7 rings (SSSR count). The summed E-state index contributed by atoms with van der Waals surface area (Å²) in [4.78, 5) is 36.5. The number of nitrogens with two attached hydrogens (primary N) is 1. The van der Waals surface area contributed by atoms with Crippen LogP contribution in [0, 0.1) is 6.92 Å². The summed E-state index contributed by atoms with van der Waals surface area (Å²) in [6.07, 6.45) is 1.06. The number of carbonyl (C=O) groups excluding carboxylic acids is 1. The number of amides is 1. The third kappa shape index (κ3) is 4.33. The molecule has 0 aliphatic carbocycles. The zero-order chi connectivity index (χ0) is 29.8. The number of rotatable bonds is 5. The van der Waals surface area contributed by atoms with E-state index in [2.05, 4.69) is 20.6 Å². The van der Waals surface area contributed by atoms with Crippen molar-refractivity contribution >= 4 is 44.9 Å². The first kappa shape index (κ1) is 26.2. The molecule has 6 aromatic rings. The Kier molecular flexibility index (Phi) is 6.08. The van der Waals surface area contributed by atoms with Gasteiger partial charge in [-0.05, 0) is 48.2 Å². The van der Waals surface area contributed by atoms with Crippen LogP contribution in [0.1, 0.15) is 18.2 Å². The number of nitrogen functional groups attached to an aromatic ring is 1. The number of para-hydroxylation sites is 1. The minimum atomic E-state index is -0.364. The van der Waals surface area contributed by atoms with Crippen LogP contribution in [-0.2, 0) is 11.3 Å². The molecular weight excluding hydrogens is 542 g/mol. The lowest BCUT2D eigenvalue weighted by atomic mass is 10.1. The first-order chi connectivity index (χ1) is 20.8. The lowest BCUT2D eigenvalue weighted by Crippen LogP contribution is -2.47. The number of pyridine rings is 1. The SMILES string of the molecule is CC(=O)NC1Nc2cc(-c3nn(Cc4cc5cccc(C)c5c(=O)n4-c4ccccc4)c4ncnc(N)c34)ccc2N1C. The predicted molar refractivity (Wildman–Crippen MR) is 168 cm³/mol. The quantitative estimate of drug-likeness (QED) is 0.282. The Morgan fingerprint density at radius 3 is 2.63 bits per heavy atom. The summed E-state index contributed by atoms with van der Waals surface area (Å²) in [5.41, 5.74) is 12.5. The first-order valence-corrected chi connectivity index (χ1v) is 13.9. The molecule has 0 radical (unpaired) electrons. The van der Waals surface area contributed by atoms with Gasteiger partial charge >= 0.3 is 0 Å². The molecule has 11 heteroatoms. The molecule has 3 aromatic heterocycles. The molecule has 1 aliphatic heterocycles. The Balaban J connectivity index is 1.38. The van der Waals surface area contributed by atoms with Crippen LogP contribution in [0.5, 0.6) is 0 Å². The molecular formula is C32H29N9O2. The normalized spacial score (nSPS) is 14.2. The highest BCUT2D eigenvalue weighted by Gasteiger charge is 2.27. The maximum Gasteiger partial charge on any atom is 0.263 e. The fourth-order valence-electron chi connectivity index (χ4n) is 5.88. The van der Waals surface area contributed by atoms with Gasteiger partial charge in [0.1, 0.15) is 17.8 Å². The number of carbonyl (C=O) groups is 1. The number of nitrogens with one attached hydrogen (secondary N) is 2. The highest BCUT2D eigenvalue weighted by atomic mass is 16.1. The van der Waals surface area contributed by atoms with E-state index in [1.807, 2.05) is 91.7 Å². The Morgan fingerprint density at radius 1 is 1.02 bits per heavy atom. The van der Waals surface area contributed by atoms with Crippen LogP contribution in [-0.4, -0.2) is 43.6 Å². The van der Waals surface area contributed by atoms with E-state index in [1.165, 1.54) is 13.3 Å². The molecule has 214 valence electrons. The number of nitrogens with zero attached hydrogens (tertiary/aromatic N) is 6. The molecule has 0 bridgehead atoms. The molecule has 0 saturated carbocycles. The summed E-state index contributed by atoms with van der Waals surface area (Å²) in [5.74, 6) is 0.174. The molecule has 1 atom stereocenters. The summed E-state index contributed by atoms with van der Waals surface area (Å²) in [6.45, 7) is 3.70. The molecule has 1 amide bonds. The Labute approximate surface area is 246 Å². The van der Waals surface area contributed by atoms with Crippen molar-refractivity contribution in [1.29, 1.82) is 0 Å². The number of hydrogen-bond acceptors (Lipinski definition) is 8.